The normalized spacial score (nSPS) is 24.3. The number of ether oxygens (including phenoxy) is 2. The number of hydrogen-bond donors (Lipinski definition) is 3. The molecule has 0 radical (unpaired) electrons. The van der Waals surface area contributed by atoms with Crippen LogP contribution in [0.25, 0.3) is 0 Å². The summed E-state index contributed by atoms with van der Waals surface area (Å²) in [7, 11) is 0. The average molecular weight is 443 g/mol. The Balaban J connectivity index is 1.81. The average Bonchev–Trinajstić information content (AvgIpc) is 2.78. The summed E-state index contributed by atoms with van der Waals surface area (Å²) in [6, 6.07) is 0. The summed E-state index contributed by atoms with van der Waals surface area (Å²) < 4.78 is 11.0. The highest BCUT2D eigenvalue weighted by Gasteiger charge is 2.38. The van der Waals surface area contributed by atoms with Crippen LogP contribution in [0.4, 0.5) is 0 Å². The van der Waals surface area contributed by atoms with E-state index in [9.17, 15) is 10.2 Å². The van der Waals surface area contributed by atoms with Crippen molar-refractivity contribution in [2.75, 3.05) is 19.8 Å². The van der Waals surface area contributed by atoms with Crippen molar-refractivity contribution < 1.29 is 24.8 Å². The van der Waals surface area contributed by atoms with Crippen LogP contribution in [0.15, 0.2) is 12.2 Å². The fraction of sp³-hybridized carbons (Fsp3) is 0.923. The van der Waals surface area contributed by atoms with Crippen LogP contribution < -0.4 is 0 Å². The van der Waals surface area contributed by atoms with Gasteiger partial charge in [0.2, 0.25) is 0 Å². The molecule has 0 aromatic carbocycles. The van der Waals surface area contributed by atoms with Gasteiger partial charge in [-0.05, 0) is 32.1 Å². The van der Waals surface area contributed by atoms with Crippen LogP contribution in [0.5, 0.6) is 0 Å². The number of aliphatic hydroxyl groups is 3. The van der Waals surface area contributed by atoms with Crippen molar-refractivity contribution in [1.82, 2.24) is 0 Å². The number of allylic oxidation sites excluding steroid dienone is 2. The Morgan fingerprint density at radius 2 is 1.26 bits per heavy atom. The molecule has 0 bridgehead atoms. The highest BCUT2D eigenvalue weighted by Crippen LogP contribution is 2.18. The van der Waals surface area contributed by atoms with Crippen LogP contribution in [0.1, 0.15) is 110 Å². The third kappa shape index (κ3) is 14.3. The molecule has 0 aromatic rings. The molecule has 5 nitrogen and oxygen atoms in total. The van der Waals surface area contributed by atoms with Gasteiger partial charge >= 0.3 is 0 Å². The van der Waals surface area contributed by atoms with Gasteiger partial charge in [-0.1, -0.05) is 89.7 Å². The molecule has 5 heteroatoms. The number of unbranched alkanes of at least 4 members (excludes halogenated alkanes) is 14. The third-order valence-corrected chi connectivity index (χ3v) is 6.25. The topological polar surface area (TPSA) is 79.2 Å². The Morgan fingerprint density at radius 3 is 1.81 bits per heavy atom. The maximum atomic E-state index is 10.0. The largest absolute Gasteiger partial charge is 0.394 e. The minimum atomic E-state index is -1.08. The second-order valence-electron chi connectivity index (χ2n) is 9.09. The first-order chi connectivity index (χ1) is 15.2. The molecular weight excluding hydrogens is 392 g/mol. The van der Waals surface area contributed by atoms with Crippen molar-refractivity contribution >= 4 is 0 Å². The summed E-state index contributed by atoms with van der Waals surface area (Å²) in [5.41, 5.74) is 0. The molecule has 4 atom stereocenters. The van der Waals surface area contributed by atoms with E-state index in [1.165, 1.54) is 89.9 Å². The van der Waals surface area contributed by atoms with Gasteiger partial charge in [0.05, 0.1) is 13.2 Å². The molecule has 1 heterocycles. The van der Waals surface area contributed by atoms with Gasteiger partial charge in [-0.2, -0.15) is 0 Å². The molecule has 0 spiro atoms. The molecule has 0 amide bonds. The summed E-state index contributed by atoms with van der Waals surface area (Å²) in [4.78, 5) is 0. The van der Waals surface area contributed by atoms with Crippen LogP contribution >= 0.6 is 0 Å². The lowest BCUT2D eigenvalue weighted by Crippen LogP contribution is -2.55. The van der Waals surface area contributed by atoms with E-state index in [-0.39, 0.29) is 13.2 Å². The number of rotatable bonds is 20. The Bertz CT molecular complexity index is 415. The molecular formula is C26H50O5. The van der Waals surface area contributed by atoms with Crippen LogP contribution in [0.3, 0.4) is 0 Å². The Kier molecular flexibility index (Phi) is 18.6. The number of aliphatic hydroxyl groups excluding tert-OH is 3. The van der Waals surface area contributed by atoms with Crippen LogP contribution in [0, 0.1) is 0 Å². The van der Waals surface area contributed by atoms with E-state index in [0.717, 1.165) is 12.8 Å². The summed E-state index contributed by atoms with van der Waals surface area (Å²) in [5, 5.41) is 28.9. The van der Waals surface area contributed by atoms with Gasteiger partial charge in [-0.15, -0.1) is 0 Å². The van der Waals surface area contributed by atoms with Gasteiger partial charge < -0.3 is 24.8 Å². The van der Waals surface area contributed by atoms with Crippen molar-refractivity contribution in [2.24, 2.45) is 0 Å². The standard InChI is InChI=1S/C26H50O5/c1-2-3-4-5-6-7-8-9-10-11-12-13-14-15-16-17-18-19-20-30-24-22-31-23(21-27)25(28)26(24)29/h10-11,23-29H,2-9,12-22H2,1H3/b11-10+/t23-,24+,25-,26-/m1/s1. The quantitative estimate of drug-likeness (QED) is 0.176. The minimum absolute atomic E-state index is 0.219. The SMILES string of the molecule is CCCCCCCCC/C=C/CCCCCCCCCO[C@H]1CO[C@H](CO)[C@@H](O)[C@@H]1O. The molecule has 0 saturated carbocycles. The van der Waals surface area contributed by atoms with Crippen LogP contribution in [0.2, 0.25) is 0 Å². The molecule has 0 aromatic heterocycles. The van der Waals surface area contributed by atoms with Crippen molar-refractivity contribution in [1.29, 1.82) is 0 Å². The van der Waals surface area contributed by atoms with Crippen molar-refractivity contribution in [3.05, 3.63) is 12.2 Å². The molecule has 31 heavy (non-hydrogen) atoms. The molecule has 0 aliphatic carbocycles. The summed E-state index contributed by atoms with van der Waals surface area (Å²) in [6.45, 7) is 2.77. The highest BCUT2D eigenvalue weighted by molar-refractivity contribution is 4.87. The Hall–Kier alpha value is -0.460. The Morgan fingerprint density at radius 1 is 0.742 bits per heavy atom. The van der Waals surface area contributed by atoms with Gasteiger partial charge in [0.15, 0.2) is 0 Å². The van der Waals surface area contributed by atoms with E-state index in [1.54, 1.807) is 0 Å². The van der Waals surface area contributed by atoms with E-state index in [4.69, 9.17) is 14.6 Å². The first kappa shape index (κ1) is 28.6. The lowest BCUT2D eigenvalue weighted by molar-refractivity contribution is -0.208. The van der Waals surface area contributed by atoms with Gasteiger partial charge in [-0.3, -0.25) is 0 Å². The maximum absolute atomic E-state index is 10.0. The lowest BCUT2D eigenvalue weighted by atomic mass is 10.0. The number of hydrogen-bond acceptors (Lipinski definition) is 5. The summed E-state index contributed by atoms with van der Waals surface area (Å²) in [5.74, 6) is 0. The van der Waals surface area contributed by atoms with Gasteiger partial charge in [0, 0.05) is 6.61 Å². The van der Waals surface area contributed by atoms with Crippen molar-refractivity contribution in [3.63, 3.8) is 0 Å². The van der Waals surface area contributed by atoms with Crippen molar-refractivity contribution in [2.45, 2.75) is 134 Å². The Labute approximate surface area is 191 Å². The molecule has 0 unspecified atom stereocenters. The van der Waals surface area contributed by atoms with E-state index in [2.05, 4.69) is 19.1 Å². The molecule has 3 N–H and O–H groups in total. The second kappa shape index (κ2) is 20.2. The van der Waals surface area contributed by atoms with E-state index in [0.29, 0.717) is 6.61 Å². The van der Waals surface area contributed by atoms with Crippen molar-refractivity contribution in [3.8, 4) is 0 Å². The molecule has 184 valence electrons. The van der Waals surface area contributed by atoms with Crippen LogP contribution in [-0.4, -0.2) is 59.6 Å². The van der Waals surface area contributed by atoms with E-state index < -0.39 is 24.4 Å². The third-order valence-electron chi connectivity index (χ3n) is 6.25. The lowest BCUT2D eigenvalue weighted by Gasteiger charge is -2.36. The molecule has 1 aliphatic heterocycles. The predicted octanol–water partition coefficient (Wildman–Crippen LogP) is 5.30. The molecule has 1 fully saturated rings. The molecule has 1 saturated heterocycles. The molecule has 1 rings (SSSR count). The zero-order chi connectivity index (χ0) is 22.6. The summed E-state index contributed by atoms with van der Waals surface area (Å²) >= 11 is 0. The second-order valence-corrected chi connectivity index (χ2v) is 9.09. The smallest absolute Gasteiger partial charge is 0.111 e. The van der Waals surface area contributed by atoms with Gasteiger partial charge in [0.1, 0.15) is 24.4 Å². The fourth-order valence-electron chi connectivity index (χ4n) is 4.10. The summed E-state index contributed by atoms with van der Waals surface area (Å²) in [6.07, 6.45) is 22.1. The first-order valence-corrected chi connectivity index (χ1v) is 13.1. The van der Waals surface area contributed by atoms with Gasteiger partial charge in [0.25, 0.3) is 0 Å². The van der Waals surface area contributed by atoms with Gasteiger partial charge in [-0.25, -0.2) is 0 Å². The maximum Gasteiger partial charge on any atom is 0.111 e. The predicted molar refractivity (Wildman–Crippen MR) is 127 cm³/mol. The highest BCUT2D eigenvalue weighted by atomic mass is 16.6. The zero-order valence-corrected chi connectivity index (χ0v) is 20.1. The van der Waals surface area contributed by atoms with E-state index in [1.807, 2.05) is 0 Å². The minimum Gasteiger partial charge on any atom is -0.394 e. The first-order valence-electron chi connectivity index (χ1n) is 13.1. The van der Waals surface area contributed by atoms with Crippen LogP contribution in [-0.2, 0) is 9.47 Å². The zero-order valence-electron chi connectivity index (χ0n) is 20.1. The van der Waals surface area contributed by atoms with E-state index >= 15 is 0 Å². The monoisotopic (exact) mass is 442 g/mol. The molecule has 1 aliphatic rings. The fourth-order valence-corrected chi connectivity index (χ4v) is 4.10.